The minimum Gasteiger partial charge on any atom is -0.379 e. The number of aromatic nitrogens is 1. The van der Waals surface area contributed by atoms with Gasteiger partial charge in [-0.3, -0.25) is 0 Å². The molecule has 0 aromatic carbocycles. The second-order valence-corrected chi connectivity index (χ2v) is 6.10. The van der Waals surface area contributed by atoms with Gasteiger partial charge in [0.05, 0.1) is 17.8 Å². The smallest absolute Gasteiger partial charge is 0.115 e. The minimum absolute atomic E-state index is 0.102. The molecule has 1 unspecified atom stereocenters. The van der Waals surface area contributed by atoms with E-state index in [1.54, 1.807) is 11.3 Å². The van der Waals surface area contributed by atoms with Gasteiger partial charge in [-0.05, 0) is 6.42 Å². The molecule has 2 rings (SSSR count). The van der Waals surface area contributed by atoms with Crippen LogP contribution in [0.25, 0.3) is 0 Å². The van der Waals surface area contributed by atoms with Gasteiger partial charge in [0, 0.05) is 17.4 Å². The fourth-order valence-corrected chi connectivity index (χ4v) is 2.77. The van der Waals surface area contributed by atoms with Gasteiger partial charge in [-0.15, -0.1) is 11.3 Å². The first kappa shape index (κ1) is 11.0. The van der Waals surface area contributed by atoms with Gasteiger partial charge in [-0.2, -0.15) is 0 Å². The Labute approximate surface area is 94.7 Å². The summed E-state index contributed by atoms with van der Waals surface area (Å²) in [6.45, 7) is 7.85. The summed E-state index contributed by atoms with van der Waals surface area (Å²) in [5, 5.41) is 3.13. The molecule has 2 heterocycles. The second kappa shape index (κ2) is 3.54. The van der Waals surface area contributed by atoms with Crippen LogP contribution in [0.3, 0.4) is 0 Å². The Hall–Kier alpha value is -0.450. The zero-order valence-electron chi connectivity index (χ0n) is 9.54. The number of ether oxygens (including phenoxy) is 1. The van der Waals surface area contributed by atoms with Gasteiger partial charge in [0.15, 0.2) is 0 Å². The number of hydrogen-bond acceptors (Lipinski definition) is 4. The Morgan fingerprint density at radius 3 is 2.73 bits per heavy atom. The van der Waals surface area contributed by atoms with E-state index in [1.807, 2.05) is 0 Å². The van der Waals surface area contributed by atoms with Gasteiger partial charge in [0.2, 0.25) is 0 Å². The van der Waals surface area contributed by atoms with Crippen LogP contribution in [-0.2, 0) is 15.7 Å². The lowest BCUT2D eigenvalue weighted by Gasteiger charge is -2.19. The average molecular weight is 226 g/mol. The summed E-state index contributed by atoms with van der Waals surface area (Å²) in [6.07, 6.45) is 0.879. The molecule has 0 saturated carbocycles. The third-order valence-electron chi connectivity index (χ3n) is 2.75. The van der Waals surface area contributed by atoms with Gasteiger partial charge < -0.3 is 10.5 Å². The van der Waals surface area contributed by atoms with Crippen molar-refractivity contribution in [2.75, 3.05) is 13.2 Å². The van der Waals surface area contributed by atoms with Crippen molar-refractivity contribution in [1.29, 1.82) is 0 Å². The van der Waals surface area contributed by atoms with Crippen LogP contribution in [-0.4, -0.2) is 18.2 Å². The molecule has 0 radical (unpaired) electrons. The average Bonchev–Trinajstić information content (AvgIpc) is 2.69. The van der Waals surface area contributed by atoms with Gasteiger partial charge >= 0.3 is 0 Å². The zero-order valence-corrected chi connectivity index (χ0v) is 10.4. The topological polar surface area (TPSA) is 48.1 Å². The van der Waals surface area contributed by atoms with Gasteiger partial charge in [-0.25, -0.2) is 4.98 Å². The Balaban J connectivity index is 2.27. The van der Waals surface area contributed by atoms with Crippen LogP contribution in [0, 0.1) is 0 Å². The summed E-state index contributed by atoms with van der Waals surface area (Å²) in [5.41, 5.74) is 7.15. The first-order valence-corrected chi connectivity index (χ1v) is 6.13. The van der Waals surface area contributed by atoms with Crippen LogP contribution in [0.5, 0.6) is 0 Å². The molecule has 3 nitrogen and oxygen atoms in total. The van der Waals surface area contributed by atoms with E-state index in [2.05, 4.69) is 31.1 Å². The Kier molecular flexibility index (Phi) is 2.61. The Bertz CT molecular complexity index is 348. The molecule has 15 heavy (non-hydrogen) atoms. The monoisotopic (exact) mass is 226 g/mol. The highest BCUT2D eigenvalue weighted by atomic mass is 32.1. The van der Waals surface area contributed by atoms with E-state index in [9.17, 15) is 0 Å². The third-order valence-corrected chi connectivity index (χ3v) is 3.81. The lowest BCUT2D eigenvalue weighted by molar-refractivity contribution is 0.178. The van der Waals surface area contributed by atoms with E-state index in [0.717, 1.165) is 23.7 Å². The largest absolute Gasteiger partial charge is 0.379 e. The van der Waals surface area contributed by atoms with E-state index in [4.69, 9.17) is 10.5 Å². The van der Waals surface area contributed by atoms with Crippen LogP contribution in [0.15, 0.2) is 5.38 Å². The molecule has 1 aromatic heterocycles. The van der Waals surface area contributed by atoms with Gasteiger partial charge in [0.1, 0.15) is 5.01 Å². The predicted octanol–water partition coefficient (Wildman–Crippen LogP) is 2.01. The number of thiazole rings is 1. The normalized spacial score (nSPS) is 27.2. The molecule has 4 heteroatoms. The minimum atomic E-state index is -0.339. The van der Waals surface area contributed by atoms with E-state index in [0.29, 0.717) is 6.61 Å². The van der Waals surface area contributed by atoms with Crippen LogP contribution < -0.4 is 5.73 Å². The molecule has 2 N–H and O–H groups in total. The Morgan fingerprint density at radius 1 is 1.53 bits per heavy atom. The first-order chi connectivity index (χ1) is 6.92. The molecular formula is C11H18N2OS. The van der Waals surface area contributed by atoms with Crippen molar-refractivity contribution >= 4 is 11.3 Å². The van der Waals surface area contributed by atoms with Gasteiger partial charge in [-0.1, -0.05) is 20.8 Å². The van der Waals surface area contributed by atoms with Crippen molar-refractivity contribution in [3.63, 3.8) is 0 Å². The number of nitrogens with zero attached hydrogens (tertiary/aromatic N) is 1. The van der Waals surface area contributed by atoms with Crippen molar-refractivity contribution < 1.29 is 4.74 Å². The van der Waals surface area contributed by atoms with Crippen molar-refractivity contribution in [2.24, 2.45) is 5.73 Å². The number of rotatable bonds is 1. The summed E-state index contributed by atoms with van der Waals surface area (Å²) in [7, 11) is 0. The fourth-order valence-electron chi connectivity index (χ4n) is 1.60. The first-order valence-electron chi connectivity index (χ1n) is 5.25. The van der Waals surface area contributed by atoms with Gasteiger partial charge in [0.25, 0.3) is 0 Å². The molecular weight excluding hydrogens is 208 g/mol. The third kappa shape index (κ3) is 2.07. The van der Waals surface area contributed by atoms with Crippen LogP contribution in [0.1, 0.15) is 37.9 Å². The van der Waals surface area contributed by atoms with E-state index < -0.39 is 0 Å². The molecule has 0 spiro atoms. The maximum Gasteiger partial charge on any atom is 0.115 e. The van der Waals surface area contributed by atoms with E-state index >= 15 is 0 Å². The zero-order chi connectivity index (χ0) is 11.1. The molecule has 1 fully saturated rings. The van der Waals surface area contributed by atoms with Crippen molar-refractivity contribution in [3.8, 4) is 0 Å². The molecule has 1 saturated heterocycles. The molecule has 1 atom stereocenters. The summed E-state index contributed by atoms with van der Waals surface area (Å²) in [6, 6.07) is 0. The van der Waals surface area contributed by atoms with Crippen molar-refractivity contribution in [3.05, 3.63) is 16.1 Å². The molecule has 0 aliphatic carbocycles. The SMILES string of the molecule is CC(C)(C)c1csc(C2(N)CCOC2)n1. The summed E-state index contributed by atoms with van der Waals surface area (Å²) in [5.74, 6) is 0. The quantitative estimate of drug-likeness (QED) is 0.797. The fraction of sp³-hybridized carbons (Fsp3) is 0.727. The highest BCUT2D eigenvalue weighted by Crippen LogP contribution is 2.33. The van der Waals surface area contributed by atoms with Crippen molar-refractivity contribution in [2.45, 2.75) is 38.1 Å². The van der Waals surface area contributed by atoms with E-state index in [-0.39, 0.29) is 11.0 Å². The summed E-state index contributed by atoms with van der Waals surface area (Å²) >= 11 is 1.66. The highest BCUT2D eigenvalue weighted by molar-refractivity contribution is 7.09. The Morgan fingerprint density at radius 2 is 2.27 bits per heavy atom. The lowest BCUT2D eigenvalue weighted by Crippen LogP contribution is -2.37. The van der Waals surface area contributed by atoms with Crippen LogP contribution in [0.2, 0.25) is 0 Å². The highest BCUT2D eigenvalue weighted by Gasteiger charge is 2.36. The molecule has 1 aliphatic heterocycles. The molecule has 84 valence electrons. The predicted molar refractivity (Wildman–Crippen MR) is 62.1 cm³/mol. The maximum atomic E-state index is 6.26. The van der Waals surface area contributed by atoms with E-state index in [1.165, 1.54) is 0 Å². The van der Waals surface area contributed by atoms with Crippen LogP contribution in [0.4, 0.5) is 0 Å². The number of nitrogens with two attached hydrogens (primary N) is 1. The second-order valence-electron chi connectivity index (χ2n) is 5.25. The van der Waals surface area contributed by atoms with Crippen molar-refractivity contribution in [1.82, 2.24) is 4.98 Å². The molecule has 0 bridgehead atoms. The lowest BCUT2D eigenvalue weighted by atomic mass is 9.93. The maximum absolute atomic E-state index is 6.26. The molecule has 1 aromatic rings. The standard InChI is InChI=1S/C11H18N2OS/c1-10(2,3)8-6-15-9(13-8)11(12)4-5-14-7-11/h6H,4-5,7,12H2,1-3H3. The summed E-state index contributed by atoms with van der Waals surface area (Å²) < 4.78 is 5.35. The number of hydrogen-bond donors (Lipinski definition) is 1. The molecule has 0 amide bonds. The summed E-state index contributed by atoms with van der Waals surface area (Å²) in [4.78, 5) is 4.65. The van der Waals surface area contributed by atoms with Crippen LogP contribution >= 0.6 is 11.3 Å². The molecule has 1 aliphatic rings.